The van der Waals surface area contributed by atoms with Gasteiger partial charge in [-0.15, -0.1) is 16.8 Å². The number of nitrogens with zero attached hydrogens (tertiary/aromatic N) is 3. The predicted molar refractivity (Wildman–Crippen MR) is 123 cm³/mol. The van der Waals surface area contributed by atoms with E-state index in [9.17, 15) is 9.18 Å². The Balaban J connectivity index is 1.85. The normalized spacial score (nSPS) is 13.1. The van der Waals surface area contributed by atoms with Crippen molar-refractivity contribution in [3.63, 3.8) is 0 Å². The van der Waals surface area contributed by atoms with Crippen LogP contribution in [0.15, 0.2) is 72.4 Å². The fourth-order valence-electron chi connectivity index (χ4n) is 3.24. The fourth-order valence-corrected chi connectivity index (χ4v) is 4.29. The van der Waals surface area contributed by atoms with Gasteiger partial charge in [0.1, 0.15) is 5.82 Å². The number of amides is 1. The SMILES string of the molecule is C=CCn1c(SC(C(=O)NC(C)c2ccccc2)C(C)C)nnc1-c1ccccc1F. The number of carbonyl (C=O) groups excluding carboxylic acids is 1. The molecule has 1 heterocycles. The first-order valence-electron chi connectivity index (χ1n) is 10.2. The second-order valence-electron chi connectivity index (χ2n) is 7.61. The van der Waals surface area contributed by atoms with Crippen molar-refractivity contribution in [2.45, 2.75) is 43.8 Å². The molecule has 1 N–H and O–H groups in total. The molecule has 3 aromatic rings. The summed E-state index contributed by atoms with van der Waals surface area (Å²) in [5, 5.41) is 11.8. The van der Waals surface area contributed by atoms with Crippen LogP contribution < -0.4 is 5.32 Å². The molecule has 2 atom stereocenters. The molecule has 0 aliphatic heterocycles. The van der Waals surface area contributed by atoms with E-state index < -0.39 is 0 Å². The molecule has 5 nitrogen and oxygen atoms in total. The van der Waals surface area contributed by atoms with Gasteiger partial charge in [-0.2, -0.15) is 0 Å². The number of carbonyl (C=O) groups is 1. The zero-order valence-electron chi connectivity index (χ0n) is 18.0. The van der Waals surface area contributed by atoms with E-state index in [0.29, 0.717) is 23.1 Å². The summed E-state index contributed by atoms with van der Waals surface area (Å²) in [4.78, 5) is 13.1. The first-order chi connectivity index (χ1) is 14.9. The maximum atomic E-state index is 14.4. The molecule has 0 aliphatic carbocycles. The average molecular weight is 439 g/mol. The highest BCUT2D eigenvalue weighted by atomic mass is 32.2. The molecule has 0 fully saturated rings. The summed E-state index contributed by atoms with van der Waals surface area (Å²) in [5.41, 5.74) is 1.41. The second-order valence-corrected chi connectivity index (χ2v) is 8.72. The third-order valence-electron chi connectivity index (χ3n) is 4.90. The zero-order chi connectivity index (χ0) is 22.4. The van der Waals surface area contributed by atoms with Crippen LogP contribution >= 0.6 is 11.8 Å². The van der Waals surface area contributed by atoms with Crippen LogP contribution in [0.25, 0.3) is 11.4 Å². The number of halogens is 1. The highest BCUT2D eigenvalue weighted by Crippen LogP contribution is 2.31. The van der Waals surface area contributed by atoms with E-state index in [1.807, 2.05) is 51.1 Å². The van der Waals surface area contributed by atoms with Crippen molar-refractivity contribution >= 4 is 17.7 Å². The van der Waals surface area contributed by atoms with Crippen molar-refractivity contribution < 1.29 is 9.18 Å². The zero-order valence-corrected chi connectivity index (χ0v) is 18.8. The Morgan fingerprint density at radius 1 is 1.13 bits per heavy atom. The lowest BCUT2D eigenvalue weighted by molar-refractivity contribution is -0.121. The largest absolute Gasteiger partial charge is 0.349 e. The van der Waals surface area contributed by atoms with Gasteiger partial charge in [0, 0.05) is 6.54 Å². The van der Waals surface area contributed by atoms with Crippen molar-refractivity contribution in [3.8, 4) is 11.4 Å². The second kappa shape index (κ2) is 10.4. The smallest absolute Gasteiger partial charge is 0.234 e. The molecular formula is C24H27FN4OS. The van der Waals surface area contributed by atoms with Crippen LogP contribution in [-0.4, -0.2) is 25.9 Å². The fraction of sp³-hybridized carbons (Fsp3) is 0.292. The van der Waals surface area contributed by atoms with E-state index in [1.54, 1.807) is 28.8 Å². The minimum Gasteiger partial charge on any atom is -0.349 e. The summed E-state index contributed by atoms with van der Waals surface area (Å²) < 4.78 is 16.1. The summed E-state index contributed by atoms with van der Waals surface area (Å²) in [6.45, 7) is 10.2. The summed E-state index contributed by atoms with van der Waals surface area (Å²) >= 11 is 1.34. The van der Waals surface area contributed by atoms with E-state index in [4.69, 9.17) is 0 Å². The van der Waals surface area contributed by atoms with Gasteiger partial charge in [0.15, 0.2) is 11.0 Å². The Bertz CT molecular complexity index is 1040. The summed E-state index contributed by atoms with van der Waals surface area (Å²) in [6.07, 6.45) is 1.71. The Labute approximate surface area is 186 Å². The Hall–Kier alpha value is -2.93. The lowest BCUT2D eigenvalue weighted by Crippen LogP contribution is -2.37. The minimum absolute atomic E-state index is 0.0544. The highest BCUT2D eigenvalue weighted by Gasteiger charge is 2.28. The number of rotatable bonds is 9. The van der Waals surface area contributed by atoms with Crippen LogP contribution in [0.5, 0.6) is 0 Å². The lowest BCUT2D eigenvalue weighted by Gasteiger charge is -2.22. The quantitative estimate of drug-likeness (QED) is 0.365. The molecule has 0 saturated carbocycles. The summed E-state index contributed by atoms with van der Waals surface area (Å²) in [5.74, 6) is 0.0309. The molecule has 7 heteroatoms. The first kappa shape index (κ1) is 22.7. The standard InChI is InChI=1S/C24H27FN4OS/c1-5-15-29-22(19-13-9-10-14-20(19)25)27-28-24(29)31-21(16(2)3)23(30)26-17(4)18-11-7-6-8-12-18/h5-14,16-17,21H,1,15H2,2-4H3,(H,26,30). The van der Waals surface area contributed by atoms with Gasteiger partial charge in [-0.05, 0) is 30.5 Å². The molecule has 1 aromatic heterocycles. The van der Waals surface area contributed by atoms with Crippen LogP contribution in [0.4, 0.5) is 4.39 Å². The predicted octanol–water partition coefficient (Wildman–Crippen LogP) is 5.26. The van der Waals surface area contributed by atoms with Crippen molar-refractivity contribution in [2.24, 2.45) is 5.92 Å². The Morgan fingerprint density at radius 3 is 2.45 bits per heavy atom. The van der Waals surface area contributed by atoms with Crippen LogP contribution in [-0.2, 0) is 11.3 Å². The number of aromatic nitrogens is 3. The number of allylic oxidation sites excluding steroid dienone is 1. The maximum Gasteiger partial charge on any atom is 0.234 e. The van der Waals surface area contributed by atoms with Gasteiger partial charge in [0.2, 0.25) is 5.91 Å². The van der Waals surface area contributed by atoms with Gasteiger partial charge >= 0.3 is 0 Å². The van der Waals surface area contributed by atoms with E-state index in [-0.39, 0.29) is 28.9 Å². The van der Waals surface area contributed by atoms with Gasteiger partial charge in [0.25, 0.3) is 0 Å². The lowest BCUT2D eigenvalue weighted by atomic mass is 10.1. The van der Waals surface area contributed by atoms with E-state index >= 15 is 0 Å². The van der Waals surface area contributed by atoms with E-state index in [2.05, 4.69) is 22.1 Å². The van der Waals surface area contributed by atoms with E-state index in [0.717, 1.165) is 5.56 Å². The van der Waals surface area contributed by atoms with Crippen molar-refractivity contribution in [2.75, 3.05) is 0 Å². The number of thioether (sulfide) groups is 1. The first-order valence-corrected chi connectivity index (χ1v) is 11.1. The van der Waals surface area contributed by atoms with Crippen LogP contribution in [0.3, 0.4) is 0 Å². The molecule has 0 aliphatic rings. The van der Waals surface area contributed by atoms with Crippen LogP contribution in [0, 0.1) is 11.7 Å². The molecule has 31 heavy (non-hydrogen) atoms. The van der Waals surface area contributed by atoms with Gasteiger partial charge < -0.3 is 5.32 Å². The average Bonchev–Trinajstić information content (AvgIpc) is 3.15. The van der Waals surface area contributed by atoms with Crippen molar-refractivity contribution in [1.29, 1.82) is 0 Å². The third kappa shape index (κ3) is 5.41. The highest BCUT2D eigenvalue weighted by molar-refractivity contribution is 8.00. The van der Waals surface area contributed by atoms with Gasteiger partial charge in [-0.25, -0.2) is 4.39 Å². The number of hydrogen-bond donors (Lipinski definition) is 1. The molecule has 0 saturated heterocycles. The monoisotopic (exact) mass is 438 g/mol. The third-order valence-corrected chi connectivity index (χ3v) is 6.42. The molecular weight excluding hydrogens is 411 g/mol. The Morgan fingerprint density at radius 2 is 1.81 bits per heavy atom. The van der Waals surface area contributed by atoms with Crippen LogP contribution in [0.1, 0.15) is 32.4 Å². The topological polar surface area (TPSA) is 59.8 Å². The molecule has 3 rings (SSSR count). The molecule has 0 radical (unpaired) electrons. The minimum atomic E-state index is -0.382. The van der Waals surface area contributed by atoms with Gasteiger partial charge in [-0.1, -0.05) is 74.1 Å². The maximum absolute atomic E-state index is 14.4. The summed E-state index contributed by atoms with van der Waals surface area (Å²) in [7, 11) is 0. The summed E-state index contributed by atoms with van der Waals surface area (Å²) in [6, 6.07) is 16.2. The van der Waals surface area contributed by atoms with Gasteiger partial charge in [0.05, 0.1) is 16.9 Å². The molecule has 2 unspecified atom stereocenters. The van der Waals surface area contributed by atoms with Crippen LogP contribution in [0.2, 0.25) is 0 Å². The molecule has 1 amide bonds. The molecule has 162 valence electrons. The number of benzene rings is 2. The number of nitrogens with one attached hydrogen (secondary N) is 1. The Kier molecular flexibility index (Phi) is 7.63. The van der Waals surface area contributed by atoms with E-state index in [1.165, 1.54) is 17.8 Å². The molecule has 0 spiro atoms. The number of hydrogen-bond acceptors (Lipinski definition) is 4. The molecule has 0 bridgehead atoms. The van der Waals surface area contributed by atoms with Crippen molar-refractivity contribution in [1.82, 2.24) is 20.1 Å². The van der Waals surface area contributed by atoms with Crippen molar-refractivity contribution in [3.05, 3.63) is 78.6 Å². The van der Waals surface area contributed by atoms with Gasteiger partial charge in [-0.3, -0.25) is 9.36 Å². The molecule has 2 aromatic carbocycles.